The highest BCUT2D eigenvalue weighted by atomic mass is 32.1. The minimum absolute atomic E-state index is 0.306. The van der Waals surface area contributed by atoms with Crippen LogP contribution in [0.2, 0.25) is 0 Å². The van der Waals surface area contributed by atoms with Crippen molar-refractivity contribution >= 4 is 49.7 Å². The molecule has 6 nitrogen and oxygen atoms in total. The second-order valence-corrected chi connectivity index (χ2v) is 8.27. The number of hydrogen-bond donors (Lipinski definition) is 2. The van der Waals surface area contributed by atoms with Crippen molar-refractivity contribution in [2.75, 3.05) is 18.4 Å². The highest BCUT2D eigenvalue weighted by molar-refractivity contribution is 7.20. The molecule has 1 aromatic carbocycles. The third-order valence-corrected chi connectivity index (χ3v) is 6.71. The van der Waals surface area contributed by atoms with Crippen LogP contribution in [0.3, 0.4) is 0 Å². The third kappa shape index (κ3) is 3.00. The van der Waals surface area contributed by atoms with Crippen LogP contribution >= 0.6 is 22.7 Å². The van der Waals surface area contributed by atoms with E-state index < -0.39 is 5.91 Å². The molecular formula is C18H18N4O2S2. The van der Waals surface area contributed by atoms with Gasteiger partial charge in [-0.3, -0.25) is 14.5 Å². The minimum Gasteiger partial charge on any atom is -0.365 e. The van der Waals surface area contributed by atoms with Crippen molar-refractivity contribution in [1.82, 2.24) is 9.88 Å². The number of thiophene rings is 1. The molecule has 3 aromatic rings. The predicted molar refractivity (Wildman–Crippen MR) is 105 cm³/mol. The number of fused-ring (bicyclic) bond motifs is 2. The zero-order chi connectivity index (χ0) is 18.3. The predicted octanol–water partition coefficient (Wildman–Crippen LogP) is 3.09. The Kier molecular flexibility index (Phi) is 4.47. The zero-order valence-corrected chi connectivity index (χ0v) is 15.9. The number of anilines is 1. The molecule has 0 bridgehead atoms. The van der Waals surface area contributed by atoms with E-state index in [1.807, 2.05) is 24.3 Å². The molecule has 134 valence electrons. The Hall–Kier alpha value is -2.29. The zero-order valence-electron chi connectivity index (χ0n) is 14.2. The average Bonchev–Trinajstić information content (AvgIpc) is 3.21. The minimum atomic E-state index is -0.493. The van der Waals surface area contributed by atoms with Crippen LogP contribution in [0.15, 0.2) is 24.3 Å². The van der Waals surface area contributed by atoms with Crippen LogP contribution in [0.4, 0.5) is 5.00 Å². The fraction of sp³-hybridized carbons (Fsp3) is 0.278. The smallest absolute Gasteiger partial charge is 0.285 e. The van der Waals surface area contributed by atoms with Gasteiger partial charge < -0.3 is 11.1 Å². The number of hydrogen-bond acceptors (Lipinski definition) is 6. The number of nitrogens with zero attached hydrogens (tertiary/aromatic N) is 2. The van der Waals surface area contributed by atoms with E-state index in [1.165, 1.54) is 22.7 Å². The molecule has 0 saturated heterocycles. The van der Waals surface area contributed by atoms with Crippen LogP contribution in [0.1, 0.15) is 37.5 Å². The van der Waals surface area contributed by atoms with Crippen molar-refractivity contribution in [2.45, 2.75) is 19.9 Å². The molecule has 0 radical (unpaired) electrons. The first-order chi connectivity index (χ1) is 12.6. The van der Waals surface area contributed by atoms with Crippen LogP contribution in [-0.2, 0) is 13.0 Å². The molecule has 0 spiro atoms. The van der Waals surface area contributed by atoms with Crippen LogP contribution in [0, 0.1) is 0 Å². The lowest BCUT2D eigenvalue weighted by atomic mass is 10.0. The summed E-state index contributed by atoms with van der Waals surface area (Å²) >= 11 is 2.78. The Morgan fingerprint density at radius 1 is 1.31 bits per heavy atom. The van der Waals surface area contributed by atoms with Gasteiger partial charge in [0.05, 0.1) is 15.8 Å². The molecule has 3 N–H and O–H groups in total. The number of benzene rings is 1. The number of primary amides is 1. The highest BCUT2D eigenvalue weighted by Gasteiger charge is 2.27. The number of rotatable bonds is 4. The van der Waals surface area contributed by atoms with Gasteiger partial charge in [-0.2, -0.15) is 0 Å². The van der Waals surface area contributed by atoms with Gasteiger partial charge in [0.2, 0.25) is 0 Å². The molecule has 2 aromatic heterocycles. The van der Waals surface area contributed by atoms with E-state index in [0.717, 1.165) is 46.7 Å². The summed E-state index contributed by atoms with van der Waals surface area (Å²) in [4.78, 5) is 32.5. The van der Waals surface area contributed by atoms with Gasteiger partial charge in [-0.05, 0) is 30.7 Å². The molecule has 2 amide bonds. The molecule has 0 saturated carbocycles. The van der Waals surface area contributed by atoms with E-state index in [0.29, 0.717) is 15.6 Å². The lowest BCUT2D eigenvalue weighted by Gasteiger charge is -2.25. The van der Waals surface area contributed by atoms with Gasteiger partial charge in [-0.15, -0.1) is 22.7 Å². The number of nitrogens with two attached hydrogens (primary N) is 1. The van der Waals surface area contributed by atoms with Crippen LogP contribution in [0.5, 0.6) is 0 Å². The number of para-hydroxylation sites is 1. The maximum Gasteiger partial charge on any atom is 0.285 e. The summed E-state index contributed by atoms with van der Waals surface area (Å²) < 4.78 is 0.955. The van der Waals surface area contributed by atoms with Crippen molar-refractivity contribution in [2.24, 2.45) is 5.73 Å². The number of likely N-dealkylation sites (N-methyl/N-ethyl adjacent to an activating group) is 1. The molecule has 1 aliphatic heterocycles. The standard InChI is InChI=1S/C18H18N4O2S2/c1-2-22-8-7-10-13(9-22)26-17(14(10)15(19)23)21-16(24)18-20-11-5-3-4-6-12(11)25-18/h3-6H,2,7-9H2,1H3,(H2,19,23)(H,21,24). The first kappa shape index (κ1) is 17.1. The van der Waals surface area contributed by atoms with Crippen LogP contribution < -0.4 is 11.1 Å². The maximum absolute atomic E-state index is 12.7. The summed E-state index contributed by atoms with van der Waals surface area (Å²) in [6.07, 6.45) is 0.773. The van der Waals surface area contributed by atoms with Gasteiger partial charge in [0.15, 0.2) is 5.01 Å². The largest absolute Gasteiger partial charge is 0.365 e. The maximum atomic E-state index is 12.7. The van der Waals surface area contributed by atoms with Gasteiger partial charge in [0, 0.05) is 18.0 Å². The van der Waals surface area contributed by atoms with Crippen molar-refractivity contribution in [3.8, 4) is 0 Å². The summed E-state index contributed by atoms with van der Waals surface area (Å²) in [6, 6.07) is 7.62. The second-order valence-electron chi connectivity index (χ2n) is 6.13. The Morgan fingerprint density at radius 3 is 2.85 bits per heavy atom. The van der Waals surface area contributed by atoms with Gasteiger partial charge in [-0.1, -0.05) is 19.1 Å². The first-order valence-corrected chi connectivity index (χ1v) is 10.0. The number of carbonyl (C=O) groups excluding carboxylic acids is 2. The summed E-state index contributed by atoms with van der Waals surface area (Å²) in [6.45, 7) is 4.75. The van der Waals surface area contributed by atoms with E-state index in [2.05, 4.69) is 22.1 Å². The quantitative estimate of drug-likeness (QED) is 0.721. The Balaban J connectivity index is 1.66. The molecule has 0 aliphatic carbocycles. The van der Waals surface area contributed by atoms with Crippen molar-refractivity contribution in [3.05, 3.63) is 45.3 Å². The third-order valence-electron chi connectivity index (χ3n) is 4.54. The second kappa shape index (κ2) is 6.79. The molecule has 8 heteroatoms. The lowest BCUT2D eigenvalue weighted by molar-refractivity contribution is 0.1000. The van der Waals surface area contributed by atoms with Gasteiger partial charge >= 0.3 is 0 Å². The van der Waals surface area contributed by atoms with Gasteiger partial charge in [0.25, 0.3) is 11.8 Å². The topological polar surface area (TPSA) is 88.3 Å². The molecule has 0 atom stereocenters. The lowest BCUT2D eigenvalue weighted by Crippen LogP contribution is -2.30. The summed E-state index contributed by atoms with van der Waals surface area (Å²) in [5.41, 5.74) is 7.84. The van der Waals surface area contributed by atoms with E-state index >= 15 is 0 Å². The molecule has 26 heavy (non-hydrogen) atoms. The molecular weight excluding hydrogens is 368 g/mol. The number of amides is 2. The number of nitrogens with one attached hydrogen (secondary N) is 1. The van der Waals surface area contributed by atoms with E-state index in [1.54, 1.807) is 0 Å². The SMILES string of the molecule is CCN1CCc2c(sc(NC(=O)c3nc4ccccc4s3)c2C(N)=O)C1. The Morgan fingerprint density at radius 2 is 2.12 bits per heavy atom. The molecule has 1 aliphatic rings. The van der Waals surface area contributed by atoms with E-state index in [9.17, 15) is 9.59 Å². The highest BCUT2D eigenvalue weighted by Crippen LogP contribution is 2.37. The summed E-state index contributed by atoms with van der Waals surface area (Å²) in [7, 11) is 0. The summed E-state index contributed by atoms with van der Waals surface area (Å²) in [5, 5.41) is 3.78. The average molecular weight is 387 g/mol. The first-order valence-electron chi connectivity index (χ1n) is 8.40. The van der Waals surface area contributed by atoms with Crippen LogP contribution in [0.25, 0.3) is 10.2 Å². The normalized spacial score (nSPS) is 14.3. The molecule has 4 rings (SSSR count). The molecule has 0 unspecified atom stereocenters. The fourth-order valence-electron chi connectivity index (χ4n) is 3.20. The van der Waals surface area contributed by atoms with E-state index in [4.69, 9.17) is 5.73 Å². The van der Waals surface area contributed by atoms with Crippen molar-refractivity contribution in [3.63, 3.8) is 0 Å². The summed E-state index contributed by atoms with van der Waals surface area (Å²) in [5.74, 6) is -0.799. The molecule has 0 fully saturated rings. The van der Waals surface area contributed by atoms with Gasteiger partial charge in [0.1, 0.15) is 5.00 Å². The number of thiazole rings is 1. The Labute approximate surface area is 158 Å². The number of carbonyl (C=O) groups is 2. The van der Waals surface area contributed by atoms with Crippen molar-refractivity contribution < 1.29 is 9.59 Å². The van der Waals surface area contributed by atoms with Crippen molar-refractivity contribution in [1.29, 1.82) is 0 Å². The Bertz CT molecular complexity index is 975. The molecule has 3 heterocycles. The number of aromatic nitrogens is 1. The van der Waals surface area contributed by atoms with E-state index in [-0.39, 0.29) is 5.91 Å². The monoisotopic (exact) mass is 386 g/mol. The van der Waals surface area contributed by atoms with Gasteiger partial charge in [-0.25, -0.2) is 4.98 Å². The fourth-order valence-corrected chi connectivity index (χ4v) is 5.35. The van der Waals surface area contributed by atoms with Crippen LogP contribution in [-0.4, -0.2) is 34.8 Å².